The van der Waals surface area contributed by atoms with E-state index in [0.29, 0.717) is 11.1 Å². The van der Waals surface area contributed by atoms with Crippen LogP contribution >= 0.6 is 0 Å². The van der Waals surface area contributed by atoms with Gasteiger partial charge in [0.2, 0.25) is 10.0 Å². The summed E-state index contributed by atoms with van der Waals surface area (Å²) in [5.74, 6) is -0.618. The number of aliphatic hydroxyl groups excluding tert-OH is 1. The van der Waals surface area contributed by atoms with Crippen LogP contribution in [0.2, 0.25) is 0 Å². The normalized spacial score (nSPS) is 13.3. The van der Waals surface area contributed by atoms with Crippen molar-refractivity contribution >= 4 is 20.9 Å². The summed E-state index contributed by atoms with van der Waals surface area (Å²) in [6.07, 6.45) is 0.256. The predicted molar refractivity (Wildman–Crippen MR) is 84.8 cm³/mol. The third-order valence-electron chi connectivity index (χ3n) is 3.56. The molecule has 1 atom stereocenters. The molecule has 3 rings (SSSR count). The summed E-state index contributed by atoms with van der Waals surface area (Å²) < 4.78 is 41.0. The fourth-order valence-corrected chi connectivity index (χ4v) is 3.60. The van der Waals surface area contributed by atoms with Crippen molar-refractivity contribution < 1.29 is 17.9 Å². The molecule has 0 unspecified atom stereocenters. The number of H-pyrrole nitrogens is 1. The third-order valence-corrected chi connectivity index (χ3v) is 5.01. The zero-order valence-corrected chi connectivity index (χ0v) is 12.8. The van der Waals surface area contributed by atoms with E-state index in [1.54, 1.807) is 36.4 Å². The Hall–Kier alpha value is -2.22. The molecule has 5 nitrogen and oxygen atoms in total. The zero-order valence-electron chi connectivity index (χ0n) is 12.0. The number of rotatable bonds is 5. The van der Waals surface area contributed by atoms with Crippen LogP contribution in [0.25, 0.3) is 10.9 Å². The number of sulfonamides is 1. The van der Waals surface area contributed by atoms with Gasteiger partial charge >= 0.3 is 0 Å². The number of fused-ring (bicyclic) bond motifs is 1. The fourth-order valence-electron chi connectivity index (χ4n) is 2.38. The van der Waals surface area contributed by atoms with Gasteiger partial charge in [-0.15, -0.1) is 0 Å². The molecule has 0 aliphatic rings. The van der Waals surface area contributed by atoms with Crippen molar-refractivity contribution in [3.63, 3.8) is 0 Å². The van der Waals surface area contributed by atoms with Crippen LogP contribution in [0.4, 0.5) is 4.39 Å². The first-order valence-electron chi connectivity index (χ1n) is 6.97. The Bertz CT molecular complexity index is 923. The van der Waals surface area contributed by atoms with Gasteiger partial charge in [-0.1, -0.05) is 36.4 Å². The summed E-state index contributed by atoms with van der Waals surface area (Å²) in [7, 11) is -3.95. The molecule has 0 bridgehead atoms. The van der Waals surface area contributed by atoms with Crippen LogP contribution in [0.15, 0.2) is 59.6 Å². The van der Waals surface area contributed by atoms with Crippen LogP contribution in [0.1, 0.15) is 11.7 Å². The Kier molecular flexibility index (Phi) is 4.16. The molecule has 0 aliphatic carbocycles. The topological polar surface area (TPSA) is 82.2 Å². The SMILES string of the molecule is O=S(=O)(NC[C@H](O)c1ccccc1)c1c[nH]c2cccc(F)c12. The number of benzene rings is 2. The largest absolute Gasteiger partial charge is 0.387 e. The molecule has 0 spiro atoms. The molecular formula is C16H15FN2O3S. The summed E-state index contributed by atoms with van der Waals surface area (Å²) in [5.41, 5.74) is 0.995. The third kappa shape index (κ3) is 3.12. The summed E-state index contributed by atoms with van der Waals surface area (Å²) in [4.78, 5) is 2.56. The van der Waals surface area contributed by atoms with Crippen LogP contribution in [0.3, 0.4) is 0 Å². The second-order valence-corrected chi connectivity index (χ2v) is 6.83. The van der Waals surface area contributed by atoms with E-state index in [0.717, 1.165) is 0 Å². The van der Waals surface area contributed by atoms with Crippen molar-refractivity contribution in [2.45, 2.75) is 11.0 Å². The zero-order chi connectivity index (χ0) is 16.4. The van der Waals surface area contributed by atoms with Gasteiger partial charge in [0, 0.05) is 18.3 Å². The molecule has 3 aromatic rings. The van der Waals surface area contributed by atoms with Gasteiger partial charge in [0.25, 0.3) is 0 Å². The van der Waals surface area contributed by atoms with E-state index in [1.807, 2.05) is 0 Å². The molecule has 1 heterocycles. The van der Waals surface area contributed by atoms with Gasteiger partial charge in [0.05, 0.1) is 11.5 Å². The summed E-state index contributed by atoms with van der Waals surface area (Å²) in [6, 6.07) is 13.0. The van der Waals surface area contributed by atoms with E-state index >= 15 is 0 Å². The van der Waals surface area contributed by atoms with Crippen molar-refractivity contribution in [1.82, 2.24) is 9.71 Å². The van der Waals surface area contributed by atoms with Gasteiger partial charge in [-0.25, -0.2) is 17.5 Å². The number of nitrogens with one attached hydrogen (secondary N) is 2. The lowest BCUT2D eigenvalue weighted by molar-refractivity contribution is 0.182. The number of aliphatic hydroxyl groups is 1. The van der Waals surface area contributed by atoms with Crippen molar-refractivity contribution in [3.8, 4) is 0 Å². The molecule has 0 saturated heterocycles. The predicted octanol–water partition coefficient (Wildman–Crippen LogP) is 2.32. The first-order chi connectivity index (χ1) is 11.0. The molecular weight excluding hydrogens is 319 g/mol. The van der Waals surface area contributed by atoms with Crippen molar-refractivity contribution in [2.24, 2.45) is 0 Å². The van der Waals surface area contributed by atoms with Gasteiger partial charge in [-0.2, -0.15) is 0 Å². The Balaban J connectivity index is 1.84. The Morgan fingerprint density at radius 2 is 1.87 bits per heavy atom. The van der Waals surface area contributed by atoms with E-state index in [9.17, 15) is 17.9 Å². The number of aromatic nitrogens is 1. The molecule has 0 fully saturated rings. The lowest BCUT2D eigenvalue weighted by atomic mass is 10.1. The maximum atomic E-state index is 13.9. The van der Waals surface area contributed by atoms with Crippen molar-refractivity contribution in [3.05, 3.63) is 66.1 Å². The Labute approximate surface area is 132 Å². The molecule has 1 aromatic heterocycles. The molecule has 7 heteroatoms. The summed E-state index contributed by atoms with van der Waals surface area (Å²) in [5, 5.41) is 10.0. The van der Waals surface area contributed by atoms with Crippen molar-refractivity contribution in [2.75, 3.05) is 6.54 Å². The highest BCUT2D eigenvalue weighted by molar-refractivity contribution is 7.89. The van der Waals surface area contributed by atoms with E-state index in [4.69, 9.17) is 0 Å². The molecule has 0 radical (unpaired) electrons. The van der Waals surface area contributed by atoms with Crippen molar-refractivity contribution in [1.29, 1.82) is 0 Å². The Morgan fingerprint density at radius 1 is 1.13 bits per heavy atom. The monoisotopic (exact) mass is 334 g/mol. The first kappa shape index (κ1) is 15.7. The average Bonchev–Trinajstić information content (AvgIpc) is 3.00. The molecule has 0 saturated carbocycles. The molecule has 0 amide bonds. The van der Waals surface area contributed by atoms with Crippen LogP contribution in [0.5, 0.6) is 0 Å². The maximum absolute atomic E-state index is 13.9. The lowest BCUT2D eigenvalue weighted by Crippen LogP contribution is -2.28. The van der Waals surface area contributed by atoms with E-state index in [2.05, 4.69) is 9.71 Å². The minimum atomic E-state index is -3.95. The van der Waals surface area contributed by atoms with Crippen LogP contribution in [-0.2, 0) is 10.0 Å². The van der Waals surface area contributed by atoms with Crippen LogP contribution in [0, 0.1) is 5.82 Å². The highest BCUT2D eigenvalue weighted by atomic mass is 32.2. The van der Waals surface area contributed by atoms with E-state index < -0.39 is 21.9 Å². The minimum Gasteiger partial charge on any atom is -0.387 e. The molecule has 120 valence electrons. The summed E-state index contributed by atoms with van der Waals surface area (Å²) in [6.45, 7) is -0.201. The standard InChI is InChI=1S/C16H15FN2O3S/c17-12-7-4-8-13-16(12)15(10-18-13)23(21,22)19-9-14(20)11-5-2-1-3-6-11/h1-8,10,14,18-20H,9H2/t14-/m0/s1. The van der Waals surface area contributed by atoms with E-state index in [-0.39, 0.29) is 16.8 Å². The maximum Gasteiger partial charge on any atom is 0.242 e. The second-order valence-electron chi connectivity index (χ2n) is 5.09. The smallest absolute Gasteiger partial charge is 0.242 e. The molecule has 0 aliphatic heterocycles. The second kappa shape index (κ2) is 6.11. The fraction of sp³-hybridized carbons (Fsp3) is 0.125. The highest BCUT2D eigenvalue weighted by Gasteiger charge is 2.22. The average molecular weight is 334 g/mol. The van der Waals surface area contributed by atoms with E-state index in [1.165, 1.54) is 18.3 Å². The molecule has 2 aromatic carbocycles. The van der Waals surface area contributed by atoms with Crippen LogP contribution in [-0.4, -0.2) is 25.1 Å². The van der Waals surface area contributed by atoms with Crippen LogP contribution < -0.4 is 4.72 Å². The quantitative estimate of drug-likeness (QED) is 0.670. The molecule has 23 heavy (non-hydrogen) atoms. The minimum absolute atomic E-state index is 0.00852. The van der Waals surface area contributed by atoms with Gasteiger partial charge < -0.3 is 10.1 Å². The Morgan fingerprint density at radius 3 is 2.61 bits per heavy atom. The number of aromatic amines is 1. The summed E-state index contributed by atoms with van der Waals surface area (Å²) >= 11 is 0. The number of hydrogen-bond donors (Lipinski definition) is 3. The van der Waals surface area contributed by atoms with Gasteiger partial charge in [-0.05, 0) is 17.7 Å². The molecule has 3 N–H and O–H groups in total. The highest BCUT2D eigenvalue weighted by Crippen LogP contribution is 2.25. The lowest BCUT2D eigenvalue weighted by Gasteiger charge is -2.12. The first-order valence-corrected chi connectivity index (χ1v) is 8.45. The number of hydrogen-bond acceptors (Lipinski definition) is 3. The van der Waals surface area contributed by atoms with Gasteiger partial charge in [0.1, 0.15) is 10.7 Å². The van der Waals surface area contributed by atoms with Gasteiger partial charge in [0.15, 0.2) is 0 Å². The number of halogens is 1. The van der Waals surface area contributed by atoms with Gasteiger partial charge in [-0.3, -0.25) is 0 Å².